The molecular weight excluding hydrogens is 223 g/mol. The molecule has 4 heteroatoms. The largest absolute Gasteiger partial charge is 0.298 e. The topological polar surface area (TPSA) is 17.1 Å². The second-order valence-electron chi connectivity index (χ2n) is 2.86. The van der Waals surface area contributed by atoms with Crippen molar-refractivity contribution in [3.63, 3.8) is 0 Å². The van der Waals surface area contributed by atoms with Gasteiger partial charge in [-0.1, -0.05) is 23.7 Å². The lowest BCUT2D eigenvalue weighted by atomic mass is 10.1. The number of carbonyl (C=O) groups excluding carboxylic acids is 1. The molecule has 0 fully saturated rings. The average molecular weight is 233 g/mol. The van der Waals surface area contributed by atoms with E-state index < -0.39 is 5.82 Å². The molecule has 0 N–H and O–H groups in total. The first-order valence-corrected chi connectivity index (χ1v) is 5.86. The van der Waals surface area contributed by atoms with Gasteiger partial charge in [-0.3, -0.25) is 4.79 Å². The Balaban J connectivity index is 2.76. The summed E-state index contributed by atoms with van der Waals surface area (Å²) in [5, 5.41) is 0.0689. The number of rotatable bonds is 4. The van der Waals surface area contributed by atoms with Crippen LogP contribution in [-0.2, 0) is 11.2 Å². The molecule has 0 aliphatic carbocycles. The van der Waals surface area contributed by atoms with Crippen molar-refractivity contribution in [1.29, 1.82) is 0 Å². The van der Waals surface area contributed by atoms with Crippen LogP contribution in [0.15, 0.2) is 18.2 Å². The van der Waals surface area contributed by atoms with E-state index in [1.807, 2.05) is 6.26 Å². The Morgan fingerprint density at radius 1 is 1.57 bits per heavy atom. The van der Waals surface area contributed by atoms with Crippen molar-refractivity contribution in [2.75, 3.05) is 12.0 Å². The van der Waals surface area contributed by atoms with E-state index in [1.54, 1.807) is 12.1 Å². The molecule has 0 unspecified atom stereocenters. The van der Waals surface area contributed by atoms with Gasteiger partial charge in [0, 0.05) is 6.42 Å². The van der Waals surface area contributed by atoms with E-state index in [1.165, 1.54) is 17.8 Å². The monoisotopic (exact) mass is 232 g/mol. The number of hydrogen-bond acceptors (Lipinski definition) is 2. The van der Waals surface area contributed by atoms with Gasteiger partial charge < -0.3 is 0 Å². The molecule has 0 heterocycles. The van der Waals surface area contributed by atoms with Gasteiger partial charge in [-0.15, -0.1) is 0 Å². The molecule has 14 heavy (non-hydrogen) atoms. The average Bonchev–Trinajstić information content (AvgIpc) is 2.13. The maximum Gasteiger partial charge on any atom is 0.147 e. The van der Waals surface area contributed by atoms with Crippen LogP contribution < -0.4 is 0 Å². The lowest BCUT2D eigenvalue weighted by Crippen LogP contribution is -2.06. The minimum Gasteiger partial charge on any atom is -0.298 e. The van der Waals surface area contributed by atoms with Crippen LogP contribution >= 0.6 is 23.4 Å². The summed E-state index contributed by atoms with van der Waals surface area (Å²) in [5.74, 6) is -0.0614. The third-order valence-corrected chi connectivity index (χ3v) is 2.63. The second-order valence-corrected chi connectivity index (χ2v) is 4.13. The van der Waals surface area contributed by atoms with Crippen LogP contribution in [0.1, 0.15) is 5.56 Å². The number of ketones is 1. The minimum absolute atomic E-state index is 0.0127. The van der Waals surface area contributed by atoms with Gasteiger partial charge in [0.2, 0.25) is 0 Å². The zero-order valence-corrected chi connectivity index (χ0v) is 9.29. The Morgan fingerprint density at radius 3 is 2.93 bits per heavy atom. The van der Waals surface area contributed by atoms with Crippen molar-refractivity contribution < 1.29 is 9.18 Å². The van der Waals surface area contributed by atoms with Crippen molar-refractivity contribution in [3.8, 4) is 0 Å². The van der Waals surface area contributed by atoms with Crippen LogP contribution in [0.3, 0.4) is 0 Å². The maximum atomic E-state index is 13.3. The van der Waals surface area contributed by atoms with Crippen molar-refractivity contribution in [3.05, 3.63) is 34.6 Å². The Kier molecular flexibility index (Phi) is 4.42. The highest BCUT2D eigenvalue weighted by Gasteiger charge is 2.09. The number of Topliss-reactive ketones (excluding diaryl/α,β-unsaturated/α-hetero) is 1. The van der Waals surface area contributed by atoms with Gasteiger partial charge in [-0.05, 0) is 17.9 Å². The summed E-state index contributed by atoms with van der Waals surface area (Å²) < 4.78 is 13.3. The van der Waals surface area contributed by atoms with Crippen LogP contribution in [0.25, 0.3) is 0 Å². The predicted molar refractivity (Wildman–Crippen MR) is 58.5 cm³/mol. The van der Waals surface area contributed by atoms with E-state index >= 15 is 0 Å². The van der Waals surface area contributed by atoms with Crippen molar-refractivity contribution in [2.45, 2.75) is 6.42 Å². The molecule has 1 aromatic rings. The molecule has 0 amide bonds. The Hall–Kier alpha value is -0.540. The summed E-state index contributed by atoms with van der Waals surface area (Å²) in [6.07, 6.45) is 1.96. The molecule has 1 nitrogen and oxygen atoms in total. The number of thioether (sulfide) groups is 1. The fourth-order valence-corrected chi connectivity index (χ4v) is 1.73. The van der Waals surface area contributed by atoms with Gasteiger partial charge in [-0.2, -0.15) is 11.8 Å². The molecule has 76 valence electrons. The summed E-state index contributed by atoms with van der Waals surface area (Å²) in [6.45, 7) is 0. The normalized spacial score (nSPS) is 10.2. The standard InChI is InChI=1S/C10H10ClFOS/c1-14-6-8(13)5-7-3-2-4-9(11)10(7)12/h2-4H,5-6H2,1H3. The molecule has 0 aromatic heterocycles. The summed E-state index contributed by atoms with van der Waals surface area (Å²) in [4.78, 5) is 11.2. The Labute approximate surface area is 91.6 Å². The van der Waals surface area contributed by atoms with Crippen LogP contribution in [-0.4, -0.2) is 17.8 Å². The molecule has 0 radical (unpaired) electrons. The van der Waals surface area contributed by atoms with Gasteiger partial charge in [0.15, 0.2) is 0 Å². The maximum absolute atomic E-state index is 13.3. The number of halogens is 2. The van der Waals surface area contributed by atoms with Gasteiger partial charge in [0.1, 0.15) is 11.6 Å². The molecule has 1 rings (SSSR count). The molecular formula is C10H10ClFOS. The first-order valence-electron chi connectivity index (χ1n) is 4.08. The summed E-state index contributed by atoms with van der Waals surface area (Å²) >= 11 is 7.02. The lowest BCUT2D eigenvalue weighted by Gasteiger charge is -2.02. The molecule has 0 bridgehead atoms. The van der Waals surface area contributed by atoms with Crippen molar-refractivity contribution in [1.82, 2.24) is 0 Å². The molecule has 0 saturated heterocycles. The van der Waals surface area contributed by atoms with Crippen LogP contribution in [0.2, 0.25) is 5.02 Å². The second kappa shape index (κ2) is 5.37. The van der Waals surface area contributed by atoms with E-state index in [0.717, 1.165) is 0 Å². The molecule has 0 saturated carbocycles. The summed E-state index contributed by atoms with van der Waals surface area (Å²) in [5.41, 5.74) is 0.372. The van der Waals surface area contributed by atoms with Gasteiger partial charge >= 0.3 is 0 Å². The summed E-state index contributed by atoms with van der Waals surface area (Å²) in [6, 6.07) is 4.70. The Bertz CT molecular complexity index is 341. The fraction of sp³-hybridized carbons (Fsp3) is 0.300. The van der Waals surface area contributed by atoms with Crippen molar-refractivity contribution >= 4 is 29.1 Å². The first kappa shape index (κ1) is 11.5. The number of carbonyl (C=O) groups is 1. The summed E-state index contributed by atoms with van der Waals surface area (Å²) in [7, 11) is 0. The highest BCUT2D eigenvalue weighted by Crippen LogP contribution is 2.18. The third-order valence-electron chi connectivity index (χ3n) is 1.72. The van der Waals surface area contributed by atoms with Crippen LogP contribution in [0.5, 0.6) is 0 Å². The van der Waals surface area contributed by atoms with E-state index in [-0.39, 0.29) is 17.2 Å². The van der Waals surface area contributed by atoms with E-state index in [4.69, 9.17) is 11.6 Å². The van der Waals surface area contributed by atoms with E-state index in [0.29, 0.717) is 11.3 Å². The molecule has 1 aromatic carbocycles. The van der Waals surface area contributed by atoms with Crippen LogP contribution in [0, 0.1) is 5.82 Å². The van der Waals surface area contributed by atoms with Crippen LogP contribution in [0.4, 0.5) is 4.39 Å². The zero-order chi connectivity index (χ0) is 10.6. The molecule has 0 spiro atoms. The number of hydrogen-bond donors (Lipinski definition) is 0. The predicted octanol–water partition coefficient (Wildman–Crippen LogP) is 2.95. The van der Waals surface area contributed by atoms with Gasteiger partial charge in [0.05, 0.1) is 10.8 Å². The quantitative estimate of drug-likeness (QED) is 0.794. The molecule has 0 atom stereocenters. The van der Waals surface area contributed by atoms with Gasteiger partial charge in [0.25, 0.3) is 0 Å². The zero-order valence-electron chi connectivity index (χ0n) is 7.72. The SMILES string of the molecule is CSCC(=O)Cc1cccc(Cl)c1F. The molecule has 0 aliphatic rings. The highest BCUT2D eigenvalue weighted by atomic mass is 35.5. The first-order chi connectivity index (χ1) is 6.65. The minimum atomic E-state index is -0.483. The highest BCUT2D eigenvalue weighted by molar-refractivity contribution is 7.99. The number of benzene rings is 1. The fourth-order valence-electron chi connectivity index (χ4n) is 1.11. The van der Waals surface area contributed by atoms with E-state index in [9.17, 15) is 9.18 Å². The lowest BCUT2D eigenvalue weighted by molar-refractivity contribution is -0.116. The van der Waals surface area contributed by atoms with Gasteiger partial charge in [-0.25, -0.2) is 4.39 Å². The molecule has 0 aliphatic heterocycles. The third kappa shape index (κ3) is 3.00. The smallest absolute Gasteiger partial charge is 0.147 e. The van der Waals surface area contributed by atoms with Crippen molar-refractivity contribution in [2.24, 2.45) is 0 Å². The van der Waals surface area contributed by atoms with E-state index in [2.05, 4.69) is 0 Å². The Morgan fingerprint density at radius 2 is 2.29 bits per heavy atom.